The van der Waals surface area contributed by atoms with Crippen LogP contribution in [0, 0.1) is 11.7 Å². The lowest BCUT2D eigenvalue weighted by atomic mass is 9.86. The Kier molecular flexibility index (Phi) is 13.0. The van der Waals surface area contributed by atoms with Gasteiger partial charge in [-0.25, -0.2) is 9.37 Å². The van der Waals surface area contributed by atoms with Gasteiger partial charge in [0.25, 0.3) is 0 Å². The molecule has 1 saturated heterocycles. The number of hydrogen-bond donors (Lipinski definition) is 3. The molecule has 4 heterocycles. The molecule has 9 heteroatoms. The van der Waals surface area contributed by atoms with Gasteiger partial charge in [-0.2, -0.15) is 5.10 Å². The van der Waals surface area contributed by atoms with Crippen molar-refractivity contribution in [2.24, 2.45) is 5.92 Å². The summed E-state index contributed by atoms with van der Waals surface area (Å²) in [4.78, 5) is 27.4. The molecule has 1 fully saturated rings. The van der Waals surface area contributed by atoms with E-state index in [9.17, 15) is 14.3 Å². The van der Waals surface area contributed by atoms with E-state index in [4.69, 9.17) is 4.98 Å². The molecule has 1 atom stereocenters. The van der Waals surface area contributed by atoms with Crippen LogP contribution in [-0.4, -0.2) is 67.0 Å². The Morgan fingerprint density at radius 1 is 0.941 bits per heavy atom. The highest BCUT2D eigenvalue weighted by atomic mass is 19.1. The molecule has 0 spiro atoms. The van der Waals surface area contributed by atoms with Crippen LogP contribution in [0.3, 0.4) is 0 Å². The minimum absolute atomic E-state index is 0.0602. The van der Waals surface area contributed by atoms with Gasteiger partial charge < -0.3 is 15.0 Å². The van der Waals surface area contributed by atoms with Crippen molar-refractivity contribution in [2.75, 3.05) is 20.1 Å². The van der Waals surface area contributed by atoms with Crippen molar-refractivity contribution in [3.8, 4) is 28.4 Å². The predicted molar refractivity (Wildman–Crippen MR) is 204 cm³/mol. The number of aromatic nitrogens is 4. The molecule has 0 aliphatic carbocycles. The highest BCUT2D eigenvalue weighted by Gasteiger charge is 2.36. The summed E-state index contributed by atoms with van der Waals surface area (Å²) >= 11 is 0. The third-order valence-corrected chi connectivity index (χ3v) is 11.5. The number of Topliss-reactive ketones (excluding diaryl/α,β-unsaturated/α-hetero) is 1. The molecule has 2 aliphatic heterocycles. The van der Waals surface area contributed by atoms with E-state index in [-0.39, 0.29) is 17.7 Å². The number of rotatable bonds is 19. The van der Waals surface area contributed by atoms with E-state index in [0.29, 0.717) is 25.3 Å². The SMILES string of the molecule is CCCCCCCCCCCCCCC(C(=O)C1CCN(C)CC1)N1Cc2nc(-c3n[nH]c4cc(-c5cc(F)c(O)cc5CC)ccc34)[nH]c2C1. The number of nitrogens with zero attached hydrogens (tertiary/aromatic N) is 4. The summed E-state index contributed by atoms with van der Waals surface area (Å²) in [5.41, 5.74) is 6.16. The molecule has 1 unspecified atom stereocenters. The molecular weight excluding hydrogens is 639 g/mol. The number of piperidine rings is 1. The maximum Gasteiger partial charge on any atom is 0.165 e. The predicted octanol–water partition coefficient (Wildman–Crippen LogP) is 9.71. The van der Waals surface area contributed by atoms with Crippen LogP contribution in [0.2, 0.25) is 0 Å². The number of hydrogen-bond acceptors (Lipinski definition) is 6. The molecule has 3 N–H and O–H groups in total. The van der Waals surface area contributed by atoms with Crippen LogP contribution in [0.15, 0.2) is 30.3 Å². The summed E-state index contributed by atoms with van der Waals surface area (Å²) in [5.74, 6) is 0.355. The minimum atomic E-state index is -0.629. The van der Waals surface area contributed by atoms with Gasteiger partial charge in [-0.05, 0) is 86.8 Å². The summed E-state index contributed by atoms with van der Waals surface area (Å²) < 4.78 is 14.3. The quantitative estimate of drug-likeness (QED) is 0.0844. The first-order chi connectivity index (χ1) is 24.9. The van der Waals surface area contributed by atoms with Crippen LogP contribution in [-0.2, 0) is 24.3 Å². The molecule has 0 saturated carbocycles. The van der Waals surface area contributed by atoms with Crippen molar-refractivity contribution >= 4 is 16.7 Å². The first kappa shape index (κ1) is 37.2. The van der Waals surface area contributed by atoms with Crippen molar-refractivity contribution in [1.82, 2.24) is 30.0 Å². The maximum atomic E-state index is 14.3. The van der Waals surface area contributed by atoms with E-state index in [1.165, 1.54) is 82.8 Å². The van der Waals surface area contributed by atoms with Crippen molar-refractivity contribution in [1.29, 1.82) is 0 Å². The van der Waals surface area contributed by atoms with Crippen LogP contribution in [0.5, 0.6) is 5.75 Å². The zero-order chi connectivity index (χ0) is 35.7. The molecule has 2 aromatic heterocycles. The first-order valence-electron chi connectivity index (χ1n) is 19.9. The zero-order valence-corrected chi connectivity index (χ0v) is 31.2. The van der Waals surface area contributed by atoms with Gasteiger partial charge in [0.2, 0.25) is 0 Å². The average molecular weight is 699 g/mol. The number of carbonyl (C=O) groups is 1. The van der Waals surface area contributed by atoms with Gasteiger partial charge in [0.05, 0.1) is 22.9 Å². The Morgan fingerprint density at radius 2 is 1.63 bits per heavy atom. The van der Waals surface area contributed by atoms with Gasteiger partial charge in [0.15, 0.2) is 23.2 Å². The number of aromatic amines is 2. The number of phenols is 1. The van der Waals surface area contributed by atoms with Gasteiger partial charge >= 0.3 is 0 Å². The maximum absolute atomic E-state index is 14.3. The Hall–Kier alpha value is -3.56. The van der Waals surface area contributed by atoms with E-state index >= 15 is 0 Å². The van der Waals surface area contributed by atoms with Gasteiger partial charge in [0.1, 0.15) is 5.69 Å². The highest BCUT2D eigenvalue weighted by molar-refractivity contribution is 5.94. The summed E-state index contributed by atoms with van der Waals surface area (Å²) in [5, 5.41) is 18.6. The van der Waals surface area contributed by atoms with Crippen molar-refractivity contribution in [3.63, 3.8) is 0 Å². The van der Waals surface area contributed by atoms with Crippen LogP contribution in [0.25, 0.3) is 33.5 Å². The number of imidazole rings is 1. The number of halogens is 1. The lowest BCUT2D eigenvalue weighted by Crippen LogP contribution is -2.44. The molecule has 51 heavy (non-hydrogen) atoms. The fraction of sp³-hybridized carbons (Fsp3) is 0.595. The molecule has 0 amide bonds. The number of benzene rings is 2. The van der Waals surface area contributed by atoms with E-state index in [1.54, 1.807) is 0 Å². The minimum Gasteiger partial charge on any atom is -0.505 e. The largest absolute Gasteiger partial charge is 0.505 e. The Bertz CT molecular complexity index is 1710. The fourth-order valence-corrected chi connectivity index (χ4v) is 8.27. The van der Waals surface area contributed by atoms with E-state index in [0.717, 1.165) is 89.3 Å². The molecule has 8 nitrogen and oxygen atoms in total. The standard InChI is InChI=1S/C42H59FN6O2/c1-4-6-7-8-9-10-11-12-13-14-15-16-17-38(41(51)30-20-22-48(3)23-21-30)49-27-36-37(28-49)45-42(44-36)40-32-19-18-31(24-35(32)46-47-40)33-26-34(43)39(50)25-29(33)5-2/h18-19,24-26,30,38,50H,4-17,20-23,27-28H2,1-3H3,(H,44,45)(H,46,47). The summed E-state index contributed by atoms with van der Waals surface area (Å²) in [6, 6.07) is 8.79. The third-order valence-electron chi connectivity index (χ3n) is 11.5. The summed E-state index contributed by atoms with van der Waals surface area (Å²) in [6.45, 7) is 7.63. The topological polar surface area (TPSA) is 101 Å². The molecular formula is C42H59FN6O2. The average Bonchev–Trinajstić information content (AvgIpc) is 3.85. The van der Waals surface area contributed by atoms with Crippen LogP contribution < -0.4 is 0 Å². The van der Waals surface area contributed by atoms with Gasteiger partial charge in [-0.3, -0.25) is 14.8 Å². The highest BCUT2D eigenvalue weighted by Crippen LogP contribution is 2.35. The van der Waals surface area contributed by atoms with Crippen molar-refractivity contribution < 1.29 is 14.3 Å². The van der Waals surface area contributed by atoms with Crippen molar-refractivity contribution in [3.05, 3.63) is 53.1 Å². The van der Waals surface area contributed by atoms with Crippen molar-refractivity contribution in [2.45, 2.75) is 136 Å². The van der Waals surface area contributed by atoms with Gasteiger partial charge in [0, 0.05) is 24.4 Å². The lowest BCUT2D eigenvalue weighted by molar-refractivity contribution is -0.130. The summed E-state index contributed by atoms with van der Waals surface area (Å²) in [6.07, 6.45) is 19.3. The number of likely N-dealkylation sites (tertiary alicyclic amines) is 1. The molecule has 0 bridgehead atoms. The Labute approximate surface area is 303 Å². The molecule has 6 rings (SSSR count). The summed E-state index contributed by atoms with van der Waals surface area (Å²) in [7, 11) is 2.15. The van der Waals surface area contributed by atoms with Crippen LogP contribution in [0.1, 0.15) is 127 Å². The molecule has 2 aliphatic rings. The van der Waals surface area contributed by atoms with Gasteiger partial charge in [-0.15, -0.1) is 0 Å². The van der Waals surface area contributed by atoms with Crippen LogP contribution in [0.4, 0.5) is 4.39 Å². The number of carbonyl (C=O) groups excluding carboxylic acids is 1. The second-order valence-corrected chi connectivity index (χ2v) is 15.2. The number of unbranched alkanes of at least 4 members (excludes halogenated alkanes) is 11. The number of fused-ring (bicyclic) bond motifs is 2. The monoisotopic (exact) mass is 698 g/mol. The normalized spacial score (nSPS) is 16.3. The number of phenolic OH excluding ortho intramolecular Hbond substituents is 1. The smallest absolute Gasteiger partial charge is 0.165 e. The Morgan fingerprint density at radius 3 is 2.29 bits per heavy atom. The molecule has 0 radical (unpaired) electrons. The zero-order valence-electron chi connectivity index (χ0n) is 31.2. The third kappa shape index (κ3) is 9.09. The van der Waals surface area contributed by atoms with E-state index in [1.807, 2.05) is 25.1 Å². The number of ketones is 1. The molecule has 2 aromatic carbocycles. The lowest BCUT2D eigenvalue weighted by Gasteiger charge is -2.33. The number of H-pyrrole nitrogens is 2. The molecule has 4 aromatic rings. The Balaban J connectivity index is 1.07. The molecule has 276 valence electrons. The number of aryl methyl sites for hydroxylation is 1. The van der Waals surface area contributed by atoms with Gasteiger partial charge in [-0.1, -0.05) is 97.0 Å². The van der Waals surface area contributed by atoms with Crippen LogP contribution >= 0.6 is 0 Å². The second kappa shape index (κ2) is 17.8. The van der Waals surface area contributed by atoms with E-state index < -0.39 is 5.82 Å². The number of aromatic hydroxyl groups is 1. The fourth-order valence-electron chi connectivity index (χ4n) is 8.27. The second-order valence-electron chi connectivity index (χ2n) is 15.2. The number of nitrogens with one attached hydrogen (secondary N) is 2. The first-order valence-corrected chi connectivity index (χ1v) is 19.9. The van der Waals surface area contributed by atoms with E-state index in [2.05, 4.69) is 39.0 Å².